The van der Waals surface area contributed by atoms with Crippen LogP contribution in [0.5, 0.6) is 0 Å². The summed E-state index contributed by atoms with van der Waals surface area (Å²) in [5.74, 6) is 1.80. The molecule has 0 spiro atoms. The van der Waals surface area contributed by atoms with Crippen molar-refractivity contribution in [3.63, 3.8) is 0 Å². The van der Waals surface area contributed by atoms with Crippen molar-refractivity contribution >= 4 is 75.1 Å². The van der Waals surface area contributed by atoms with Crippen molar-refractivity contribution in [1.82, 2.24) is 19.9 Å². The molecule has 58 heavy (non-hydrogen) atoms. The van der Waals surface area contributed by atoms with E-state index in [1.54, 1.807) is 0 Å². The molecule has 4 aromatic heterocycles. The molecule has 5 nitrogen and oxygen atoms in total. The number of rotatable bonds is 5. The van der Waals surface area contributed by atoms with Crippen LogP contribution in [0.2, 0.25) is 0 Å². The van der Waals surface area contributed by atoms with Gasteiger partial charge in [-0.3, -0.25) is 0 Å². The van der Waals surface area contributed by atoms with E-state index in [0.29, 0.717) is 17.5 Å². The Hall–Kier alpha value is -7.54. The quantitative estimate of drug-likeness (QED) is 0.175. The normalized spacial score (nSPS) is 11.8. The fourth-order valence-electron chi connectivity index (χ4n) is 8.46. The van der Waals surface area contributed by atoms with Gasteiger partial charge in [-0.2, -0.15) is 0 Å². The smallest absolute Gasteiger partial charge is 0.164 e. The number of nitrogens with zero attached hydrogens (tertiary/aromatic N) is 4. The van der Waals surface area contributed by atoms with Gasteiger partial charge in [0.05, 0.1) is 5.52 Å². The third-order valence-corrected chi connectivity index (χ3v) is 12.4. The van der Waals surface area contributed by atoms with Crippen molar-refractivity contribution in [2.75, 3.05) is 0 Å². The molecule has 12 aromatic rings. The summed E-state index contributed by atoms with van der Waals surface area (Å²) in [4.78, 5) is 20.7. The number of hydrogen-bond acceptors (Lipinski definition) is 6. The average Bonchev–Trinajstić information content (AvgIpc) is 3.88. The Labute approximate surface area is 336 Å². The summed E-state index contributed by atoms with van der Waals surface area (Å²) in [5.41, 5.74) is 9.32. The number of para-hydroxylation sites is 2. The molecule has 0 radical (unpaired) electrons. The maximum Gasteiger partial charge on any atom is 0.164 e. The van der Waals surface area contributed by atoms with Gasteiger partial charge in [-0.15, -0.1) is 11.3 Å². The van der Waals surface area contributed by atoms with Crippen LogP contribution in [0.4, 0.5) is 0 Å². The molecule has 0 aliphatic heterocycles. The van der Waals surface area contributed by atoms with Crippen molar-refractivity contribution < 1.29 is 4.42 Å². The highest BCUT2D eigenvalue weighted by Crippen LogP contribution is 2.44. The van der Waals surface area contributed by atoms with E-state index in [1.807, 2.05) is 65.9 Å². The minimum Gasteiger partial charge on any atom is -0.454 e. The second-order valence-corrected chi connectivity index (χ2v) is 15.6. The molecular weight excluding hydrogens is 729 g/mol. The van der Waals surface area contributed by atoms with E-state index in [2.05, 4.69) is 127 Å². The summed E-state index contributed by atoms with van der Waals surface area (Å²) in [7, 11) is 0. The lowest BCUT2D eigenvalue weighted by Crippen LogP contribution is -2.01. The molecule has 4 heterocycles. The number of benzene rings is 8. The number of furan rings is 1. The third kappa shape index (κ3) is 5.16. The Morgan fingerprint density at radius 2 is 0.983 bits per heavy atom. The fraction of sp³-hybridized carbons (Fsp3) is 0. The van der Waals surface area contributed by atoms with E-state index in [0.717, 1.165) is 71.6 Å². The van der Waals surface area contributed by atoms with Crippen molar-refractivity contribution in [2.45, 2.75) is 0 Å². The van der Waals surface area contributed by atoms with E-state index >= 15 is 0 Å². The molecule has 0 N–H and O–H groups in total. The minimum absolute atomic E-state index is 0.579. The van der Waals surface area contributed by atoms with E-state index in [4.69, 9.17) is 24.4 Å². The summed E-state index contributed by atoms with van der Waals surface area (Å²) < 4.78 is 9.14. The molecule has 6 heteroatoms. The number of aromatic nitrogens is 4. The molecule has 8 aromatic carbocycles. The molecule has 0 amide bonds. The van der Waals surface area contributed by atoms with Crippen molar-refractivity contribution in [3.05, 3.63) is 182 Å². The zero-order valence-electron chi connectivity index (χ0n) is 30.9. The molecule has 0 bridgehead atoms. The monoisotopic (exact) mass is 758 g/mol. The van der Waals surface area contributed by atoms with Gasteiger partial charge in [-0.1, -0.05) is 152 Å². The van der Waals surface area contributed by atoms with Crippen molar-refractivity contribution in [1.29, 1.82) is 0 Å². The zero-order valence-corrected chi connectivity index (χ0v) is 31.7. The van der Waals surface area contributed by atoms with Crippen LogP contribution in [-0.4, -0.2) is 19.9 Å². The first-order chi connectivity index (χ1) is 28.7. The summed E-state index contributed by atoms with van der Waals surface area (Å²) in [5, 5.41) is 8.00. The van der Waals surface area contributed by atoms with Gasteiger partial charge in [0.1, 0.15) is 11.3 Å². The van der Waals surface area contributed by atoms with Crippen molar-refractivity contribution in [3.8, 4) is 56.5 Å². The maximum absolute atomic E-state index is 6.56. The van der Waals surface area contributed by atoms with Crippen LogP contribution in [0.1, 0.15) is 0 Å². The van der Waals surface area contributed by atoms with E-state index in [9.17, 15) is 0 Å². The summed E-state index contributed by atoms with van der Waals surface area (Å²) in [6.45, 7) is 0. The van der Waals surface area contributed by atoms with E-state index in [1.165, 1.54) is 31.3 Å². The number of fused-ring (bicyclic) bond motifs is 9. The van der Waals surface area contributed by atoms with Crippen LogP contribution >= 0.6 is 11.3 Å². The highest BCUT2D eigenvalue weighted by molar-refractivity contribution is 7.26. The van der Waals surface area contributed by atoms with Crippen LogP contribution in [0, 0.1) is 0 Å². The second-order valence-electron chi connectivity index (χ2n) is 14.5. The molecule has 0 fully saturated rings. The predicted octanol–water partition coefficient (Wildman–Crippen LogP) is 14.2. The Kier molecular flexibility index (Phi) is 7.33. The topological polar surface area (TPSA) is 64.7 Å². The number of pyridine rings is 1. The lowest BCUT2D eigenvalue weighted by molar-refractivity contribution is 0.669. The minimum atomic E-state index is 0.579. The van der Waals surface area contributed by atoms with Crippen molar-refractivity contribution in [2.24, 2.45) is 0 Å². The highest BCUT2D eigenvalue weighted by atomic mass is 32.1. The summed E-state index contributed by atoms with van der Waals surface area (Å²) >= 11 is 1.85. The Bertz CT molecular complexity index is 3590. The van der Waals surface area contributed by atoms with Crippen LogP contribution in [-0.2, 0) is 0 Å². The molecule has 0 unspecified atom stereocenters. The van der Waals surface area contributed by atoms with Gasteiger partial charge < -0.3 is 4.42 Å². The van der Waals surface area contributed by atoms with Crippen LogP contribution in [0.25, 0.3) is 120 Å². The Morgan fingerprint density at radius 3 is 1.84 bits per heavy atom. The maximum atomic E-state index is 6.56. The number of thiophene rings is 1. The molecule has 270 valence electrons. The average molecular weight is 759 g/mol. The summed E-state index contributed by atoms with van der Waals surface area (Å²) in [6.07, 6.45) is 0. The standard InChI is InChI=1S/C52H30N4OS/c1-2-14-31(15-3-1)50-54-51(33-17-12-16-32(30-33)47-48-46(41-21-6-9-25-43(41)53-47)42-22-7-10-26-44(42)57-48)56-52(55-50)40-29-28-36(34-18-4-5-19-35(34)40)38-23-13-24-39-37-20-8-11-27-45(37)58-49(38)39/h1-30H. The van der Waals surface area contributed by atoms with Gasteiger partial charge in [-0.05, 0) is 46.7 Å². The highest BCUT2D eigenvalue weighted by Gasteiger charge is 2.21. The first-order valence-electron chi connectivity index (χ1n) is 19.3. The van der Waals surface area contributed by atoms with Crippen LogP contribution < -0.4 is 0 Å². The molecule has 0 saturated heterocycles. The number of hydrogen-bond donors (Lipinski definition) is 0. The van der Waals surface area contributed by atoms with Gasteiger partial charge in [-0.25, -0.2) is 19.9 Å². The Balaban J connectivity index is 1.05. The fourth-order valence-corrected chi connectivity index (χ4v) is 9.69. The zero-order chi connectivity index (χ0) is 38.2. The SMILES string of the molecule is c1ccc(-c2nc(-c3cccc(-c4nc5ccccc5c5c4oc4ccccc45)c3)nc(-c3ccc(-c4cccc5c4sc4ccccc45)c4ccccc34)n2)cc1. The molecule has 0 aliphatic rings. The Morgan fingerprint density at radius 1 is 0.379 bits per heavy atom. The van der Waals surface area contributed by atoms with Gasteiger partial charge in [0.2, 0.25) is 0 Å². The van der Waals surface area contributed by atoms with Crippen LogP contribution in [0.3, 0.4) is 0 Å². The van der Waals surface area contributed by atoms with Crippen LogP contribution in [0.15, 0.2) is 186 Å². The largest absolute Gasteiger partial charge is 0.454 e. The van der Waals surface area contributed by atoms with E-state index < -0.39 is 0 Å². The first kappa shape index (κ1) is 32.7. The summed E-state index contributed by atoms with van der Waals surface area (Å²) in [6, 6.07) is 63.2. The molecule has 0 aliphatic carbocycles. The third-order valence-electron chi connectivity index (χ3n) is 11.1. The van der Waals surface area contributed by atoms with Gasteiger partial charge in [0, 0.05) is 64.1 Å². The van der Waals surface area contributed by atoms with Gasteiger partial charge in [0.25, 0.3) is 0 Å². The van der Waals surface area contributed by atoms with E-state index in [-0.39, 0.29) is 0 Å². The second kappa shape index (κ2) is 13.0. The molecular formula is C52H30N4OS. The van der Waals surface area contributed by atoms with Gasteiger partial charge >= 0.3 is 0 Å². The molecule has 0 saturated carbocycles. The van der Waals surface area contributed by atoms with Gasteiger partial charge in [0.15, 0.2) is 23.1 Å². The first-order valence-corrected chi connectivity index (χ1v) is 20.1. The lowest BCUT2D eigenvalue weighted by atomic mass is 9.94. The molecule has 12 rings (SSSR count). The lowest BCUT2D eigenvalue weighted by Gasteiger charge is -2.14. The molecule has 0 atom stereocenters. The predicted molar refractivity (Wildman–Crippen MR) is 240 cm³/mol.